The molecule has 0 bridgehead atoms. The fourth-order valence-electron chi connectivity index (χ4n) is 2.95. The summed E-state index contributed by atoms with van der Waals surface area (Å²) < 4.78 is 0. The second-order valence-corrected chi connectivity index (χ2v) is 7.24. The van der Waals surface area contributed by atoms with E-state index in [-0.39, 0.29) is 0 Å². The second-order valence-electron chi connectivity index (χ2n) is 5.83. The van der Waals surface area contributed by atoms with Gasteiger partial charge in [-0.3, -0.25) is 0 Å². The van der Waals surface area contributed by atoms with Crippen LogP contribution in [0.4, 0.5) is 0 Å². The number of thioether (sulfide) groups is 1. The van der Waals surface area contributed by atoms with E-state index in [9.17, 15) is 0 Å². The van der Waals surface area contributed by atoms with Gasteiger partial charge in [-0.1, -0.05) is 26.7 Å². The van der Waals surface area contributed by atoms with Gasteiger partial charge in [-0.15, -0.1) is 0 Å². The number of nitrogens with one attached hydrogen (secondary N) is 1. The minimum absolute atomic E-state index is 0.541. The van der Waals surface area contributed by atoms with Crippen molar-refractivity contribution in [3.05, 3.63) is 0 Å². The number of hydrogen-bond donors (Lipinski definition) is 1. The smallest absolute Gasteiger partial charge is 0.0172 e. The van der Waals surface area contributed by atoms with Crippen LogP contribution in [-0.2, 0) is 0 Å². The van der Waals surface area contributed by atoms with Crippen LogP contribution in [0.15, 0.2) is 0 Å². The predicted octanol–water partition coefficient (Wildman–Crippen LogP) is 3.44. The van der Waals surface area contributed by atoms with E-state index >= 15 is 0 Å². The van der Waals surface area contributed by atoms with Gasteiger partial charge in [0.15, 0.2) is 0 Å². The molecule has 2 aliphatic rings. The Morgan fingerprint density at radius 1 is 1.20 bits per heavy atom. The van der Waals surface area contributed by atoms with E-state index in [2.05, 4.69) is 30.9 Å². The molecule has 1 saturated heterocycles. The monoisotopic (exact) mass is 227 g/mol. The van der Waals surface area contributed by atoms with E-state index in [0.717, 1.165) is 11.3 Å². The van der Waals surface area contributed by atoms with Crippen molar-refractivity contribution in [3.8, 4) is 0 Å². The van der Waals surface area contributed by atoms with E-state index in [1.54, 1.807) is 0 Å². The van der Waals surface area contributed by atoms with E-state index in [0.29, 0.717) is 5.41 Å². The lowest BCUT2D eigenvalue weighted by molar-refractivity contribution is 0.283. The predicted molar refractivity (Wildman–Crippen MR) is 69.5 cm³/mol. The van der Waals surface area contributed by atoms with Gasteiger partial charge in [0, 0.05) is 17.8 Å². The van der Waals surface area contributed by atoms with Crippen LogP contribution in [-0.4, -0.2) is 23.6 Å². The van der Waals surface area contributed by atoms with Crippen molar-refractivity contribution in [1.82, 2.24) is 5.32 Å². The molecule has 0 aromatic carbocycles. The molecule has 1 N–H and O–H groups in total. The zero-order valence-corrected chi connectivity index (χ0v) is 11.0. The highest BCUT2D eigenvalue weighted by Crippen LogP contribution is 2.37. The Morgan fingerprint density at radius 2 is 2.07 bits per heavy atom. The maximum atomic E-state index is 3.82. The van der Waals surface area contributed by atoms with Gasteiger partial charge in [-0.05, 0) is 36.9 Å². The normalized spacial score (nSPS) is 35.6. The molecular formula is C13H25NS. The van der Waals surface area contributed by atoms with Crippen LogP contribution in [0.25, 0.3) is 0 Å². The molecule has 0 aromatic heterocycles. The van der Waals surface area contributed by atoms with E-state index in [4.69, 9.17) is 0 Å². The first kappa shape index (κ1) is 11.8. The summed E-state index contributed by atoms with van der Waals surface area (Å²) in [6, 6.07) is 0.778. The van der Waals surface area contributed by atoms with Gasteiger partial charge in [0.25, 0.3) is 0 Å². The summed E-state index contributed by atoms with van der Waals surface area (Å²) in [5.41, 5.74) is 0.541. The highest BCUT2D eigenvalue weighted by molar-refractivity contribution is 7.99. The molecule has 1 saturated carbocycles. The van der Waals surface area contributed by atoms with Crippen LogP contribution in [0.2, 0.25) is 0 Å². The third kappa shape index (κ3) is 3.13. The average molecular weight is 227 g/mol. The SMILES string of the molecule is CC1(C)CCCC1NCC1CCCCS1. The summed E-state index contributed by atoms with van der Waals surface area (Å²) in [5, 5.41) is 4.72. The molecule has 0 radical (unpaired) electrons. The standard InChI is InChI=1S/C13H25NS/c1-13(2)8-5-7-12(13)14-10-11-6-3-4-9-15-11/h11-12,14H,3-10H2,1-2H3. The molecule has 0 aromatic rings. The summed E-state index contributed by atoms with van der Waals surface area (Å²) in [6.07, 6.45) is 8.55. The van der Waals surface area contributed by atoms with Crippen molar-refractivity contribution < 1.29 is 0 Å². The van der Waals surface area contributed by atoms with Crippen molar-refractivity contribution in [2.75, 3.05) is 12.3 Å². The summed E-state index contributed by atoms with van der Waals surface area (Å²) in [4.78, 5) is 0. The first-order valence-corrected chi connectivity index (χ1v) is 7.58. The lowest BCUT2D eigenvalue weighted by Crippen LogP contribution is -2.41. The van der Waals surface area contributed by atoms with Crippen molar-refractivity contribution in [3.63, 3.8) is 0 Å². The van der Waals surface area contributed by atoms with Gasteiger partial charge >= 0.3 is 0 Å². The fraction of sp³-hybridized carbons (Fsp3) is 1.00. The quantitative estimate of drug-likeness (QED) is 0.792. The van der Waals surface area contributed by atoms with Crippen LogP contribution < -0.4 is 5.32 Å². The van der Waals surface area contributed by atoms with Gasteiger partial charge in [0.2, 0.25) is 0 Å². The Bertz CT molecular complexity index is 197. The summed E-state index contributed by atoms with van der Waals surface area (Å²) >= 11 is 2.18. The molecule has 0 amide bonds. The van der Waals surface area contributed by atoms with Crippen LogP contribution in [0.5, 0.6) is 0 Å². The topological polar surface area (TPSA) is 12.0 Å². The Kier molecular flexibility index (Phi) is 4.00. The van der Waals surface area contributed by atoms with Crippen molar-refractivity contribution >= 4 is 11.8 Å². The average Bonchev–Trinajstić information content (AvgIpc) is 2.56. The molecule has 1 nitrogen and oxygen atoms in total. The Hall–Kier alpha value is 0.310. The molecule has 2 fully saturated rings. The van der Waals surface area contributed by atoms with E-state index < -0.39 is 0 Å². The molecule has 1 aliphatic heterocycles. The summed E-state index contributed by atoms with van der Waals surface area (Å²) in [6.45, 7) is 6.09. The number of hydrogen-bond acceptors (Lipinski definition) is 2. The van der Waals surface area contributed by atoms with Crippen LogP contribution in [0.3, 0.4) is 0 Å². The third-order valence-corrected chi connectivity index (χ3v) is 5.52. The number of rotatable bonds is 3. The Morgan fingerprint density at radius 3 is 2.67 bits per heavy atom. The molecule has 2 unspecified atom stereocenters. The third-order valence-electron chi connectivity index (χ3n) is 4.12. The second kappa shape index (κ2) is 5.09. The van der Waals surface area contributed by atoms with Crippen LogP contribution in [0.1, 0.15) is 52.4 Å². The molecule has 2 atom stereocenters. The zero-order chi connectivity index (χ0) is 10.7. The minimum atomic E-state index is 0.541. The molecule has 1 aliphatic carbocycles. The molecule has 1 heterocycles. The van der Waals surface area contributed by atoms with E-state index in [1.807, 2.05) is 0 Å². The molecule has 88 valence electrons. The molecular weight excluding hydrogens is 202 g/mol. The van der Waals surface area contributed by atoms with Gasteiger partial charge in [0.05, 0.1) is 0 Å². The minimum Gasteiger partial charge on any atom is -0.312 e. The van der Waals surface area contributed by atoms with Crippen LogP contribution >= 0.6 is 11.8 Å². The van der Waals surface area contributed by atoms with Crippen molar-refractivity contribution in [2.24, 2.45) is 5.41 Å². The molecule has 2 heteroatoms. The maximum Gasteiger partial charge on any atom is 0.0172 e. The lowest BCUT2D eigenvalue weighted by Gasteiger charge is -2.30. The molecule has 15 heavy (non-hydrogen) atoms. The first-order chi connectivity index (χ1) is 7.18. The Labute approximate surface area is 98.8 Å². The summed E-state index contributed by atoms with van der Waals surface area (Å²) in [7, 11) is 0. The van der Waals surface area contributed by atoms with Crippen molar-refractivity contribution in [2.45, 2.75) is 63.7 Å². The van der Waals surface area contributed by atoms with Gasteiger partial charge in [-0.25, -0.2) is 0 Å². The molecule has 2 rings (SSSR count). The molecule has 0 spiro atoms. The maximum absolute atomic E-state index is 3.82. The van der Waals surface area contributed by atoms with E-state index in [1.165, 1.54) is 50.8 Å². The Balaban J connectivity index is 1.72. The zero-order valence-electron chi connectivity index (χ0n) is 10.2. The highest BCUT2D eigenvalue weighted by Gasteiger charge is 2.34. The first-order valence-electron chi connectivity index (χ1n) is 6.53. The summed E-state index contributed by atoms with van der Waals surface area (Å²) in [5.74, 6) is 1.39. The largest absolute Gasteiger partial charge is 0.312 e. The van der Waals surface area contributed by atoms with Gasteiger partial charge in [0.1, 0.15) is 0 Å². The van der Waals surface area contributed by atoms with Crippen molar-refractivity contribution in [1.29, 1.82) is 0 Å². The van der Waals surface area contributed by atoms with Gasteiger partial charge in [-0.2, -0.15) is 11.8 Å². The fourth-order valence-corrected chi connectivity index (χ4v) is 4.20. The van der Waals surface area contributed by atoms with Crippen LogP contribution in [0, 0.1) is 5.41 Å². The lowest BCUT2D eigenvalue weighted by atomic mass is 9.87. The highest BCUT2D eigenvalue weighted by atomic mass is 32.2. The van der Waals surface area contributed by atoms with Gasteiger partial charge < -0.3 is 5.32 Å².